The largest absolute Gasteiger partial charge is 0.324 e. The van der Waals surface area contributed by atoms with Crippen molar-refractivity contribution < 1.29 is 4.79 Å². The fourth-order valence-corrected chi connectivity index (χ4v) is 1.70. The second kappa shape index (κ2) is 7.51. The van der Waals surface area contributed by atoms with Gasteiger partial charge in [0.05, 0.1) is 12.5 Å². The first-order valence-corrected chi connectivity index (χ1v) is 6.67. The molecule has 0 aromatic heterocycles. The Labute approximate surface area is 120 Å². The molecule has 2 unspecified atom stereocenters. The van der Waals surface area contributed by atoms with Gasteiger partial charge in [-0.25, -0.2) is 4.79 Å². The molecule has 0 aliphatic rings. The molecule has 1 rings (SSSR count). The van der Waals surface area contributed by atoms with Crippen molar-refractivity contribution in [3.05, 3.63) is 29.8 Å². The molecule has 0 bridgehead atoms. The molecule has 108 valence electrons. The van der Waals surface area contributed by atoms with Gasteiger partial charge < -0.3 is 15.5 Å². The Morgan fingerprint density at radius 1 is 1.35 bits per heavy atom. The minimum absolute atomic E-state index is 0.108. The molecule has 2 N–H and O–H groups in total. The average molecular weight is 274 g/mol. The molecule has 1 aromatic rings. The van der Waals surface area contributed by atoms with E-state index in [2.05, 4.69) is 23.6 Å². The van der Waals surface area contributed by atoms with Crippen molar-refractivity contribution in [2.24, 2.45) is 0 Å². The highest BCUT2D eigenvalue weighted by atomic mass is 16.2. The highest BCUT2D eigenvalue weighted by Crippen LogP contribution is 2.16. The van der Waals surface area contributed by atoms with Crippen LogP contribution in [0.1, 0.15) is 31.9 Å². The van der Waals surface area contributed by atoms with Gasteiger partial charge in [-0.3, -0.25) is 0 Å². The van der Waals surface area contributed by atoms with Gasteiger partial charge in [0.2, 0.25) is 0 Å². The van der Waals surface area contributed by atoms with Gasteiger partial charge in [-0.05, 0) is 38.6 Å². The second-order valence-corrected chi connectivity index (χ2v) is 4.88. The Morgan fingerprint density at radius 3 is 2.45 bits per heavy atom. The normalized spacial score (nSPS) is 13.2. The Balaban J connectivity index is 2.65. The van der Waals surface area contributed by atoms with Crippen LogP contribution in [0.15, 0.2) is 24.3 Å². The van der Waals surface area contributed by atoms with Gasteiger partial charge in [-0.2, -0.15) is 5.26 Å². The zero-order valence-electron chi connectivity index (χ0n) is 12.5. The Bertz CT molecular complexity index is 478. The molecule has 0 saturated carbocycles. The van der Waals surface area contributed by atoms with Crippen LogP contribution < -0.4 is 10.6 Å². The molecule has 5 nitrogen and oxygen atoms in total. The first kappa shape index (κ1) is 16.0. The van der Waals surface area contributed by atoms with Crippen molar-refractivity contribution in [3.63, 3.8) is 0 Å². The Hall–Kier alpha value is -2.06. The van der Waals surface area contributed by atoms with Crippen molar-refractivity contribution in [1.29, 1.82) is 5.26 Å². The van der Waals surface area contributed by atoms with Crippen LogP contribution in [0, 0.1) is 11.3 Å². The van der Waals surface area contributed by atoms with E-state index >= 15 is 0 Å². The van der Waals surface area contributed by atoms with E-state index in [-0.39, 0.29) is 18.1 Å². The number of nitrogens with zero attached hydrogens (tertiary/aromatic N) is 2. The predicted octanol–water partition coefficient (Wildman–Crippen LogP) is 2.73. The molecule has 1 aromatic carbocycles. The molecule has 5 heteroatoms. The maximum absolute atomic E-state index is 12.0. The molecule has 0 aliphatic carbocycles. The average Bonchev–Trinajstić information content (AvgIpc) is 2.46. The van der Waals surface area contributed by atoms with Gasteiger partial charge in [0.25, 0.3) is 0 Å². The van der Waals surface area contributed by atoms with Crippen LogP contribution in [0.5, 0.6) is 0 Å². The predicted molar refractivity (Wildman–Crippen MR) is 80.4 cm³/mol. The van der Waals surface area contributed by atoms with E-state index in [1.54, 1.807) is 7.05 Å². The summed E-state index contributed by atoms with van der Waals surface area (Å²) in [4.78, 5) is 13.5. The Kier molecular flexibility index (Phi) is 6.01. The quantitative estimate of drug-likeness (QED) is 0.867. The minimum Gasteiger partial charge on any atom is -0.324 e. The van der Waals surface area contributed by atoms with Crippen molar-refractivity contribution in [2.75, 3.05) is 19.4 Å². The fraction of sp³-hybridized carbons (Fsp3) is 0.467. The zero-order chi connectivity index (χ0) is 15.1. The molecule has 0 aliphatic heterocycles. The van der Waals surface area contributed by atoms with Crippen molar-refractivity contribution >= 4 is 11.7 Å². The number of rotatable bonds is 5. The second-order valence-electron chi connectivity index (χ2n) is 4.88. The topological polar surface area (TPSA) is 68.2 Å². The number of anilines is 1. The lowest BCUT2D eigenvalue weighted by Crippen LogP contribution is -2.38. The standard InChI is InChI=1S/C15H22N4O/c1-11(9-10-16)19(4)15(20)18-14-7-5-13(6-8-14)12(2)17-3/h5-8,11-12,17H,9H2,1-4H3,(H,18,20). The lowest BCUT2D eigenvalue weighted by atomic mass is 10.1. The van der Waals surface area contributed by atoms with Gasteiger partial charge in [0, 0.05) is 24.8 Å². The van der Waals surface area contributed by atoms with Crippen molar-refractivity contribution in [3.8, 4) is 6.07 Å². The number of carbonyl (C=O) groups is 1. The SMILES string of the molecule is CNC(C)c1ccc(NC(=O)N(C)C(C)CC#N)cc1. The number of nitrogens with one attached hydrogen (secondary N) is 2. The monoisotopic (exact) mass is 274 g/mol. The molecule has 20 heavy (non-hydrogen) atoms. The van der Waals surface area contributed by atoms with E-state index in [0.29, 0.717) is 6.42 Å². The van der Waals surface area contributed by atoms with E-state index < -0.39 is 0 Å². The summed E-state index contributed by atoms with van der Waals surface area (Å²) < 4.78 is 0. The smallest absolute Gasteiger partial charge is 0.321 e. The first-order valence-electron chi connectivity index (χ1n) is 6.67. The molecule has 0 radical (unpaired) electrons. The van der Waals surface area contributed by atoms with Gasteiger partial charge in [0.15, 0.2) is 0 Å². The van der Waals surface area contributed by atoms with Crippen molar-refractivity contribution in [1.82, 2.24) is 10.2 Å². The van der Waals surface area contributed by atoms with E-state index in [9.17, 15) is 4.79 Å². The number of hydrogen-bond acceptors (Lipinski definition) is 3. The molecule has 2 atom stereocenters. The van der Waals surface area contributed by atoms with Crippen LogP contribution in [0.3, 0.4) is 0 Å². The summed E-state index contributed by atoms with van der Waals surface area (Å²) in [6, 6.07) is 9.75. The third-order valence-electron chi connectivity index (χ3n) is 3.46. The first-order chi connectivity index (χ1) is 9.49. The summed E-state index contributed by atoms with van der Waals surface area (Å²) in [5.74, 6) is 0. The van der Waals surface area contributed by atoms with Crippen LogP contribution in [0.4, 0.5) is 10.5 Å². The van der Waals surface area contributed by atoms with Crippen LogP contribution in [0.2, 0.25) is 0 Å². The van der Waals surface area contributed by atoms with Gasteiger partial charge in [-0.15, -0.1) is 0 Å². The van der Waals surface area contributed by atoms with Crippen LogP contribution in [-0.4, -0.2) is 31.1 Å². The third-order valence-corrected chi connectivity index (χ3v) is 3.46. The minimum atomic E-state index is -0.206. The number of nitriles is 1. The summed E-state index contributed by atoms with van der Waals surface area (Å²) in [5, 5.41) is 14.6. The van der Waals surface area contributed by atoms with E-state index in [4.69, 9.17) is 5.26 Å². The van der Waals surface area contributed by atoms with Crippen LogP contribution >= 0.6 is 0 Å². The van der Waals surface area contributed by atoms with Gasteiger partial charge in [0.1, 0.15) is 0 Å². The molecule has 0 heterocycles. The lowest BCUT2D eigenvalue weighted by Gasteiger charge is -2.23. The maximum atomic E-state index is 12.0. The molecular weight excluding hydrogens is 252 g/mol. The van der Waals surface area contributed by atoms with Crippen LogP contribution in [-0.2, 0) is 0 Å². The Morgan fingerprint density at radius 2 is 1.95 bits per heavy atom. The van der Waals surface area contributed by atoms with Gasteiger partial charge in [-0.1, -0.05) is 12.1 Å². The maximum Gasteiger partial charge on any atom is 0.321 e. The third kappa shape index (κ3) is 4.25. The highest BCUT2D eigenvalue weighted by Gasteiger charge is 2.15. The fourth-order valence-electron chi connectivity index (χ4n) is 1.70. The molecule has 0 fully saturated rings. The number of hydrogen-bond donors (Lipinski definition) is 2. The number of carbonyl (C=O) groups excluding carboxylic acids is 1. The summed E-state index contributed by atoms with van der Waals surface area (Å²) in [6.45, 7) is 3.92. The summed E-state index contributed by atoms with van der Waals surface area (Å²) in [5.41, 5.74) is 1.91. The zero-order valence-corrected chi connectivity index (χ0v) is 12.5. The molecule has 0 saturated heterocycles. The number of amides is 2. The van der Waals surface area contributed by atoms with E-state index in [1.165, 1.54) is 4.90 Å². The summed E-state index contributed by atoms with van der Waals surface area (Å²) in [6.07, 6.45) is 0.322. The van der Waals surface area contributed by atoms with E-state index in [0.717, 1.165) is 11.3 Å². The molecule has 0 spiro atoms. The number of urea groups is 1. The van der Waals surface area contributed by atoms with E-state index in [1.807, 2.05) is 38.2 Å². The lowest BCUT2D eigenvalue weighted by molar-refractivity contribution is 0.208. The highest BCUT2D eigenvalue weighted by molar-refractivity contribution is 5.89. The van der Waals surface area contributed by atoms with Crippen molar-refractivity contribution in [2.45, 2.75) is 32.4 Å². The molecular formula is C15H22N4O. The molecule has 2 amide bonds. The van der Waals surface area contributed by atoms with Gasteiger partial charge >= 0.3 is 6.03 Å². The summed E-state index contributed by atoms with van der Waals surface area (Å²) in [7, 11) is 3.60. The number of benzene rings is 1. The summed E-state index contributed by atoms with van der Waals surface area (Å²) >= 11 is 0. The van der Waals surface area contributed by atoms with Crippen LogP contribution in [0.25, 0.3) is 0 Å².